The minimum Gasteiger partial charge on any atom is -0.508 e. The molecule has 0 radical (unpaired) electrons. The molecule has 3 aromatic rings. The molecular weight excluding hydrogens is 576 g/mol. The van der Waals surface area contributed by atoms with E-state index >= 15 is 0 Å². The number of β-amino-alcohol motifs (C(OH)–C–C–N with tert-alkyl or cyclic N) is 1. The Labute approximate surface area is 262 Å². The molecule has 2 atom stereocenters. The van der Waals surface area contributed by atoms with Gasteiger partial charge in [0.1, 0.15) is 5.75 Å². The van der Waals surface area contributed by atoms with Crippen LogP contribution in [0.1, 0.15) is 61.6 Å². The molecule has 12 heteroatoms. The molecule has 238 valence electrons. The molecule has 0 fully saturated rings. The zero-order valence-corrected chi connectivity index (χ0v) is 25.9. The van der Waals surface area contributed by atoms with Crippen LogP contribution in [0.2, 0.25) is 0 Å². The first kappa shape index (κ1) is 32.9. The van der Waals surface area contributed by atoms with Crippen molar-refractivity contribution in [2.75, 3.05) is 31.6 Å². The number of nitrogens with one attached hydrogen (secondary N) is 4. The summed E-state index contributed by atoms with van der Waals surface area (Å²) in [6.45, 7) is 8.32. The number of aliphatic imine (C=N–C) groups is 1. The molecule has 0 saturated heterocycles. The number of carbonyl (C=O) groups is 3. The van der Waals surface area contributed by atoms with Crippen molar-refractivity contribution in [1.82, 2.24) is 20.9 Å². The number of aliphatic hydroxyl groups excluding tert-OH is 1. The van der Waals surface area contributed by atoms with E-state index in [1.807, 2.05) is 24.3 Å². The van der Waals surface area contributed by atoms with Gasteiger partial charge in [-0.25, -0.2) is 0 Å². The smallest absolute Gasteiger partial charge is 0.308 e. The largest absolute Gasteiger partial charge is 0.508 e. The number of aromatic nitrogens is 1. The van der Waals surface area contributed by atoms with Gasteiger partial charge >= 0.3 is 5.97 Å². The number of ether oxygens (including phenoxy) is 1. The molecule has 6 N–H and O–H groups in total. The highest BCUT2D eigenvalue weighted by molar-refractivity contribution is 6.00. The van der Waals surface area contributed by atoms with Crippen LogP contribution in [0.5, 0.6) is 5.75 Å². The predicted molar refractivity (Wildman–Crippen MR) is 171 cm³/mol. The van der Waals surface area contributed by atoms with Crippen molar-refractivity contribution in [2.24, 2.45) is 4.99 Å². The van der Waals surface area contributed by atoms with Crippen LogP contribution < -0.4 is 21.3 Å². The zero-order valence-electron chi connectivity index (χ0n) is 25.9. The van der Waals surface area contributed by atoms with Crippen LogP contribution >= 0.6 is 0 Å². The van der Waals surface area contributed by atoms with Crippen LogP contribution in [0, 0.1) is 0 Å². The van der Waals surface area contributed by atoms with Gasteiger partial charge < -0.3 is 36.2 Å². The minimum absolute atomic E-state index is 0.107. The highest BCUT2D eigenvalue weighted by Gasteiger charge is 2.24. The predicted octanol–water partition coefficient (Wildman–Crippen LogP) is 3.02. The van der Waals surface area contributed by atoms with E-state index in [4.69, 9.17) is 4.74 Å². The van der Waals surface area contributed by atoms with E-state index in [1.54, 1.807) is 19.3 Å². The van der Waals surface area contributed by atoms with Gasteiger partial charge in [-0.05, 0) is 53.3 Å². The molecule has 12 nitrogen and oxygen atoms in total. The minimum atomic E-state index is -0.731. The van der Waals surface area contributed by atoms with Crippen LogP contribution in [0.15, 0.2) is 65.9 Å². The number of hydrogen-bond acceptors (Lipinski definition) is 10. The lowest BCUT2D eigenvalue weighted by molar-refractivity contribution is -0.143. The molecule has 2 heterocycles. The summed E-state index contributed by atoms with van der Waals surface area (Å²) in [6.07, 6.45) is 2.75. The Balaban J connectivity index is 1.51. The molecule has 4 rings (SSSR count). The second-order valence-corrected chi connectivity index (χ2v) is 11.8. The summed E-state index contributed by atoms with van der Waals surface area (Å²) in [4.78, 5) is 47.2. The van der Waals surface area contributed by atoms with Gasteiger partial charge in [-0.2, -0.15) is 0 Å². The normalized spacial score (nSPS) is 15.2. The van der Waals surface area contributed by atoms with Crippen molar-refractivity contribution in [1.29, 1.82) is 0 Å². The molecule has 0 spiro atoms. The average Bonchev–Trinajstić information content (AvgIpc) is 3.00. The van der Waals surface area contributed by atoms with E-state index in [-0.39, 0.29) is 42.8 Å². The van der Waals surface area contributed by atoms with Crippen molar-refractivity contribution in [3.63, 3.8) is 0 Å². The maximum atomic E-state index is 13.2. The molecule has 1 aliphatic rings. The first-order valence-corrected chi connectivity index (χ1v) is 14.8. The van der Waals surface area contributed by atoms with E-state index in [1.165, 1.54) is 18.2 Å². The summed E-state index contributed by atoms with van der Waals surface area (Å²) >= 11 is 0. The molecule has 0 bridgehead atoms. The number of aromatic hydroxyl groups is 1. The molecule has 1 unspecified atom stereocenters. The zero-order chi connectivity index (χ0) is 32.6. The lowest BCUT2D eigenvalue weighted by Crippen LogP contribution is -2.42. The van der Waals surface area contributed by atoms with Gasteiger partial charge in [0.05, 0.1) is 38.3 Å². The number of anilines is 1. The molecule has 45 heavy (non-hydrogen) atoms. The molecule has 0 saturated carbocycles. The Kier molecular flexibility index (Phi) is 10.7. The van der Waals surface area contributed by atoms with Crippen molar-refractivity contribution >= 4 is 29.4 Å². The van der Waals surface area contributed by atoms with E-state index in [2.05, 4.69) is 58.1 Å². The van der Waals surface area contributed by atoms with Crippen molar-refractivity contribution in [3.05, 3.63) is 77.6 Å². The van der Waals surface area contributed by atoms with Crippen LogP contribution in [0.3, 0.4) is 0 Å². The van der Waals surface area contributed by atoms with Gasteiger partial charge in [0.15, 0.2) is 5.96 Å². The van der Waals surface area contributed by atoms with Gasteiger partial charge in [0.25, 0.3) is 5.91 Å². The third kappa shape index (κ3) is 9.51. The van der Waals surface area contributed by atoms with Crippen LogP contribution in [0.4, 0.5) is 5.69 Å². The van der Waals surface area contributed by atoms with Crippen LogP contribution in [0.25, 0.3) is 11.1 Å². The van der Waals surface area contributed by atoms with Gasteiger partial charge in [-0.3, -0.25) is 24.4 Å². The van der Waals surface area contributed by atoms with Crippen LogP contribution in [-0.4, -0.2) is 71.3 Å². The summed E-state index contributed by atoms with van der Waals surface area (Å²) < 4.78 is 5.20. The van der Waals surface area contributed by atoms with Crippen molar-refractivity contribution < 1.29 is 29.3 Å². The number of carbonyl (C=O) groups excluding carboxylic acids is 3. The molecule has 1 aliphatic heterocycles. The fourth-order valence-corrected chi connectivity index (χ4v) is 4.70. The van der Waals surface area contributed by atoms with Gasteiger partial charge in [0.2, 0.25) is 5.91 Å². The number of nitrogens with zero attached hydrogens (tertiary/aromatic N) is 2. The lowest BCUT2D eigenvalue weighted by Gasteiger charge is -2.25. The maximum absolute atomic E-state index is 13.2. The highest BCUT2D eigenvalue weighted by Crippen LogP contribution is 2.32. The molecule has 0 aliphatic carbocycles. The quantitative estimate of drug-likeness (QED) is 0.187. The van der Waals surface area contributed by atoms with E-state index in [0.717, 1.165) is 16.7 Å². The number of phenolic OH excluding ortho intramolecular Hbond substituents is 1. The van der Waals surface area contributed by atoms with Crippen LogP contribution in [-0.2, 0) is 19.7 Å². The average molecular weight is 617 g/mol. The molecule has 1 aromatic heterocycles. The third-order valence-corrected chi connectivity index (χ3v) is 7.05. The summed E-state index contributed by atoms with van der Waals surface area (Å²) in [5, 5.41) is 31.2. The summed E-state index contributed by atoms with van der Waals surface area (Å²) in [5.41, 5.74) is 3.78. The summed E-state index contributed by atoms with van der Waals surface area (Å²) in [6, 6.07) is 13.2. The van der Waals surface area contributed by atoms with Gasteiger partial charge in [0, 0.05) is 41.8 Å². The highest BCUT2D eigenvalue weighted by atomic mass is 16.5. The number of esters is 1. The number of amides is 2. The Morgan fingerprint density at radius 3 is 2.58 bits per heavy atom. The lowest BCUT2D eigenvalue weighted by atomic mass is 9.83. The van der Waals surface area contributed by atoms with E-state index < -0.39 is 29.9 Å². The number of guanidine groups is 1. The van der Waals surface area contributed by atoms with Crippen molar-refractivity contribution in [2.45, 2.75) is 51.7 Å². The van der Waals surface area contributed by atoms with E-state index in [0.29, 0.717) is 23.8 Å². The fourth-order valence-electron chi connectivity index (χ4n) is 4.70. The van der Waals surface area contributed by atoms with Gasteiger partial charge in [-0.1, -0.05) is 39.0 Å². The third-order valence-electron chi connectivity index (χ3n) is 7.05. The first-order chi connectivity index (χ1) is 21.4. The second-order valence-electron chi connectivity index (χ2n) is 11.8. The fraction of sp³-hybridized carbons (Fsp3) is 0.364. The number of pyridine rings is 1. The Bertz CT molecular complexity index is 1550. The number of phenols is 1. The maximum Gasteiger partial charge on any atom is 0.308 e. The number of hydrogen-bond donors (Lipinski definition) is 6. The SMILES string of the molecule is CCOC(=O)C[C@H](NC(=O)CNC(=O)c1cc(O)cc(NC2=NCC(O)CN2)c1)c1cc(-c2cccnc2)cc(C(C)(C)C)c1. The Morgan fingerprint density at radius 2 is 1.91 bits per heavy atom. The Morgan fingerprint density at radius 1 is 1.11 bits per heavy atom. The van der Waals surface area contributed by atoms with Gasteiger partial charge in [-0.15, -0.1) is 0 Å². The molecule has 2 amide bonds. The number of rotatable bonds is 10. The topological polar surface area (TPSA) is 174 Å². The first-order valence-electron chi connectivity index (χ1n) is 14.8. The monoisotopic (exact) mass is 616 g/mol. The number of benzene rings is 2. The molecular formula is C33H40N6O6. The standard InChI is InChI=1S/C33H40N6O6/c1-5-45-30(43)15-28(22-9-21(20-7-6-8-34-16-20)10-24(11-22)33(2,3)4)39-29(42)19-35-31(44)23-12-25(14-26(40)13-23)38-32-36-17-27(41)18-37-32/h6-14,16,27-28,40-41H,5,15,17-19H2,1-4H3,(H,35,44)(H,39,42)(H2,36,37,38)/t28-/m0/s1. The summed E-state index contributed by atoms with van der Waals surface area (Å²) in [7, 11) is 0. The number of aliphatic hydroxyl groups is 1. The van der Waals surface area contributed by atoms with Crippen molar-refractivity contribution in [3.8, 4) is 16.9 Å². The second kappa shape index (κ2) is 14.7. The Hall–Kier alpha value is -4.97. The van der Waals surface area contributed by atoms with E-state index in [9.17, 15) is 24.6 Å². The molecule has 2 aromatic carbocycles. The summed E-state index contributed by atoms with van der Waals surface area (Å²) in [5.74, 6) is -1.34.